The molecular weight excluding hydrogens is 455 g/mol. The lowest BCUT2D eigenvalue weighted by atomic mass is 10.1. The number of carbonyl (C=O) groups is 1. The Morgan fingerprint density at radius 2 is 1.64 bits per heavy atom. The van der Waals surface area contributed by atoms with E-state index < -0.39 is 0 Å². The molecule has 0 atom stereocenters. The molecule has 0 bridgehead atoms. The molecule has 2 aromatic carbocycles. The molecule has 0 N–H and O–H groups in total. The van der Waals surface area contributed by atoms with E-state index in [4.69, 9.17) is 4.98 Å². The van der Waals surface area contributed by atoms with Crippen LogP contribution in [0.2, 0.25) is 0 Å². The normalized spacial score (nSPS) is 16.9. The summed E-state index contributed by atoms with van der Waals surface area (Å²) >= 11 is 0. The molecule has 8 heteroatoms. The van der Waals surface area contributed by atoms with Gasteiger partial charge < -0.3 is 19.6 Å². The molecule has 2 saturated heterocycles. The number of benzene rings is 2. The van der Waals surface area contributed by atoms with E-state index in [1.165, 1.54) is 6.07 Å². The van der Waals surface area contributed by atoms with E-state index in [1.807, 2.05) is 42.2 Å². The first-order chi connectivity index (χ1) is 17.5. The van der Waals surface area contributed by atoms with Gasteiger partial charge in [-0.15, -0.1) is 0 Å². The fourth-order valence-electron chi connectivity index (χ4n) is 4.99. The minimum atomic E-state index is -0.211. The molecule has 2 aliphatic heterocycles. The van der Waals surface area contributed by atoms with Crippen LogP contribution in [0.3, 0.4) is 0 Å². The first-order valence-electron chi connectivity index (χ1n) is 12.7. The zero-order valence-electron chi connectivity index (χ0n) is 21.0. The number of piperazine rings is 2. The van der Waals surface area contributed by atoms with Crippen LogP contribution in [0.15, 0.2) is 54.7 Å². The summed E-state index contributed by atoms with van der Waals surface area (Å²) in [6.45, 7) is 10.9. The fourth-order valence-corrected chi connectivity index (χ4v) is 4.99. The van der Waals surface area contributed by atoms with Crippen molar-refractivity contribution in [2.45, 2.75) is 13.8 Å². The van der Waals surface area contributed by atoms with Gasteiger partial charge in [0, 0.05) is 64.1 Å². The Kier molecular flexibility index (Phi) is 7.13. The number of aryl methyl sites for hydroxylation is 1. The molecule has 188 valence electrons. The second-order valence-electron chi connectivity index (χ2n) is 9.45. The van der Waals surface area contributed by atoms with Gasteiger partial charge in [0.2, 0.25) is 0 Å². The average molecular weight is 489 g/mol. The molecule has 5 rings (SSSR count). The van der Waals surface area contributed by atoms with Crippen LogP contribution in [0.4, 0.5) is 15.9 Å². The number of rotatable bonds is 5. The van der Waals surface area contributed by atoms with E-state index in [1.54, 1.807) is 12.3 Å². The molecule has 1 aromatic heterocycles. The summed E-state index contributed by atoms with van der Waals surface area (Å²) in [5.41, 5.74) is 3.21. The van der Waals surface area contributed by atoms with Crippen LogP contribution in [0, 0.1) is 12.7 Å². The Bertz CT molecular complexity index is 1220. The maximum Gasteiger partial charge on any atom is 0.259 e. The second-order valence-corrected chi connectivity index (χ2v) is 9.45. The van der Waals surface area contributed by atoms with Crippen molar-refractivity contribution in [3.05, 3.63) is 71.7 Å². The van der Waals surface area contributed by atoms with Crippen LogP contribution in [0.1, 0.15) is 22.8 Å². The van der Waals surface area contributed by atoms with Crippen LogP contribution in [-0.4, -0.2) is 84.6 Å². The van der Waals surface area contributed by atoms with Crippen LogP contribution >= 0.6 is 0 Å². The maximum absolute atomic E-state index is 14.4. The number of likely N-dealkylation sites (N-methyl/N-ethyl adjacent to an activating group) is 1. The molecule has 2 fully saturated rings. The highest BCUT2D eigenvalue weighted by Crippen LogP contribution is 2.27. The highest BCUT2D eigenvalue weighted by atomic mass is 19.1. The van der Waals surface area contributed by atoms with Gasteiger partial charge in [-0.1, -0.05) is 42.8 Å². The summed E-state index contributed by atoms with van der Waals surface area (Å²) in [6, 6.07) is 15.0. The Labute approximate surface area is 212 Å². The van der Waals surface area contributed by atoms with Gasteiger partial charge in [0.25, 0.3) is 5.91 Å². The first-order valence-corrected chi connectivity index (χ1v) is 12.7. The van der Waals surface area contributed by atoms with Crippen LogP contribution in [-0.2, 0) is 0 Å². The molecule has 36 heavy (non-hydrogen) atoms. The Morgan fingerprint density at radius 3 is 2.33 bits per heavy atom. The topological polar surface area (TPSA) is 55.8 Å². The maximum atomic E-state index is 14.4. The number of nitrogens with zero attached hydrogens (tertiary/aromatic N) is 6. The predicted molar refractivity (Wildman–Crippen MR) is 141 cm³/mol. The predicted octanol–water partition coefficient (Wildman–Crippen LogP) is 3.70. The molecule has 0 radical (unpaired) electrons. The number of carbonyl (C=O) groups excluding carboxylic acids is 1. The van der Waals surface area contributed by atoms with Gasteiger partial charge in [0.15, 0.2) is 5.82 Å². The van der Waals surface area contributed by atoms with E-state index in [2.05, 4.69) is 32.7 Å². The van der Waals surface area contributed by atoms with Crippen molar-refractivity contribution in [1.29, 1.82) is 0 Å². The van der Waals surface area contributed by atoms with E-state index in [0.717, 1.165) is 30.8 Å². The van der Waals surface area contributed by atoms with Crippen LogP contribution in [0.5, 0.6) is 0 Å². The summed E-state index contributed by atoms with van der Waals surface area (Å²) in [5, 5.41) is 0. The van der Waals surface area contributed by atoms with E-state index >= 15 is 0 Å². The molecular formula is C28H33FN6O. The molecule has 3 heterocycles. The van der Waals surface area contributed by atoms with Crippen molar-refractivity contribution in [3.63, 3.8) is 0 Å². The summed E-state index contributed by atoms with van der Waals surface area (Å²) in [4.78, 5) is 31.6. The lowest BCUT2D eigenvalue weighted by Gasteiger charge is -2.38. The number of aromatic nitrogens is 2. The quantitative estimate of drug-likeness (QED) is 0.546. The summed E-state index contributed by atoms with van der Waals surface area (Å²) in [5.74, 6) is 1.04. The summed E-state index contributed by atoms with van der Waals surface area (Å²) in [7, 11) is 0. The van der Waals surface area contributed by atoms with Gasteiger partial charge in [-0.05, 0) is 31.7 Å². The third kappa shape index (κ3) is 5.04. The SMILES string of the molecule is CCN1CCN(C(=O)c2cnc(-c3cccc(C)c3)nc2N2CCN(c3ccccc3F)CC2)CC1. The van der Waals surface area contributed by atoms with Gasteiger partial charge in [-0.3, -0.25) is 4.79 Å². The molecule has 7 nitrogen and oxygen atoms in total. The standard InChI is InChI=1S/C28H33FN6O/c1-3-32-11-13-35(14-12-32)28(36)23-20-30-26(22-8-6-7-21(2)19-22)31-27(23)34-17-15-33(16-18-34)25-10-5-4-9-24(25)29/h4-10,19-20H,3,11-18H2,1-2H3. The number of amides is 1. The highest BCUT2D eigenvalue weighted by molar-refractivity contribution is 5.99. The van der Waals surface area contributed by atoms with Crippen molar-refractivity contribution < 1.29 is 9.18 Å². The van der Waals surface area contributed by atoms with Gasteiger partial charge in [-0.2, -0.15) is 0 Å². The lowest BCUT2D eigenvalue weighted by molar-refractivity contribution is 0.0643. The first kappa shape index (κ1) is 24.2. The van der Waals surface area contributed by atoms with Crippen molar-refractivity contribution in [3.8, 4) is 11.4 Å². The van der Waals surface area contributed by atoms with Crippen molar-refractivity contribution in [2.24, 2.45) is 0 Å². The third-order valence-corrected chi connectivity index (χ3v) is 7.15. The van der Waals surface area contributed by atoms with Crippen LogP contribution in [0.25, 0.3) is 11.4 Å². The fraction of sp³-hybridized carbons (Fsp3) is 0.393. The van der Waals surface area contributed by atoms with Crippen molar-refractivity contribution >= 4 is 17.4 Å². The van der Waals surface area contributed by atoms with Crippen molar-refractivity contribution in [2.75, 3.05) is 68.7 Å². The smallest absolute Gasteiger partial charge is 0.259 e. The Balaban J connectivity index is 1.43. The lowest BCUT2D eigenvalue weighted by Crippen LogP contribution is -2.50. The Morgan fingerprint density at radius 1 is 0.917 bits per heavy atom. The van der Waals surface area contributed by atoms with Gasteiger partial charge in [0.05, 0.1) is 5.69 Å². The zero-order valence-corrected chi connectivity index (χ0v) is 21.0. The van der Waals surface area contributed by atoms with Gasteiger partial charge in [-0.25, -0.2) is 14.4 Å². The minimum Gasteiger partial charge on any atom is -0.366 e. The van der Waals surface area contributed by atoms with E-state index in [-0.39, 0.29) is 11.7 Å². The number of anilines is 2. The molecule has 3 aromatic rings. The minimum absolute atomic E-state index is 0.0203. The number of hydrogen-bond acceptors (Lipinski definition) is 6. The second kappa shape index (κ2) is 10.6. The highest BCUT2D eigenvalue weighted by Gasteiger charge is 2.29. The van der Waals surface area contributed by atoms with E-state index in [9.17, 15) is 9.18 Å². The molecule has 0 spiro atoms. The third-order valence-electron chi connectivity index (χ3n) is 7.15. The Hall–Kier alpha value is -3.52. The van der Waals surface area contributed by atoms with Crippen molar-refractivity contribution in [1.82, 2.24) is 19.8 Å². The molecule has 0 aliphatic carbocycles. The van der Waals surface area contributed by atoms with Gasteiger partial charge in [0.1, 0.15) is 17.2 Å². The number of hydrogen-bond donors (Lipinski definition) is 0. The van der Waals surface area contributed by atoms with Gasteiger partial charge >= 0.3 is 0 Å². The zero-order chi connectivity index (χ0) is 25.1. The largest absolute Gasteiger partial charge is 0.366 e. The summed E-state index contributed by atoms with van der Waals surface area (Å²) < 4.78 is 14.4. The summed E-state index contributed by atoms with van der Waals surface area (Å²) in [6.07, 6.45) is 1.69. The molecule has 0 unspecified atom stereocenters. The molecule has 0 saturated carbocycles. The number of para-hydroxylation sites is 1. The average Bonchev–Trinajstić information content (AvgIpc) is 2.93. The van der Waals surface area contributed by atoms with Crippen LogP contribution < -0.4 is 9.80 Å². The molecule has 2 aliphatic rings. The monoisotopic (exact) mass is 488 g/mol. The molecule has 1 amide bonds. The number of halogens is 1. The van der Waals surface area contributed by atoms with E-state index in [0.29, 0.717) is 62.2 Å².